The Kier molecular flexibility index (Phi) is 5.27. The molecule has 0 amide bonds. The van der Waals surface area contributed by atoms with Gasteiger partial charge in [0.25, 0.3) is 0 Å². The second kappa shape index (κ2) is 6.88. The average Bonchev–Trinajstić information content (AvgIpc) is 2.45. The lowest BCUT2D eigenvalue weighted by molar-refractivity contribution is -0.143. The Labute approximate surface area is 138 Å². The smallest absolute Gasteiger partial charge is 0.427 e. The van der Waals surface area contributed by atoms with Crippen LogP contribution in [0.1, 0.15) is 18.4 Å². The van der Waals surface area contributed by atoms with Crippen LogP contribution in [-0.2, 0) is 15.8 Å². The Morgan fingerprint density at radius 3 is 2.38 bits per heavy atom. The molecule has 2 rings (SSSR count). The SMILES string of the molecule is O=C1C=CCC(NP(=O)(O)O)=C1C(O)(O)CCc1ccc(O)cc1. The van der Waals surface area contributed by atoms with E-state index in [-0.39, 0.29) is 30.7 Å². The molecular weight excluding hydrogens is 337 g/mol. The minimum atomic E-state index is -4.69. The maximum atomic E-state index is 12.0. The number of hydrogen-bond acceptors (Lipinski definition) is 5. The first-order chi connectivity index (χ1) is 11.1. The first-order valence-electron chi connectivity index (χ1n) is 7.09. The standard InChI is InChI=1S/C15H18NO7P/c17-11-6-4-10(5-7-11)8-9-15(19,20)14-12(16-24(21,22)23)2-1-3-13(14)18/h1,3-7,17,19-20H,2,8-9H2,(H3,16,21,22,23). The third kappa shape index (κ3) is 4.77. The summed E-state index contributed by atoms with van der Waals surface area (Å²) in [7, 11) is -4.69. The van der Waals surface area contributed by atoms with Gasteiger partial charge in [0.05, 0.1) is 5.57 Å². The molecule has 0 aromatic heterocycles. The van der Waals surface area contributed by atoms with Crippen LogP contribution in [0.5, 0.6) is 5.75 Å². The number of ketones is 1. The van der Waals surface area contributed by atoms with Crippen LogP contribution in [0.25, 0.3) is 0 Å². The van der Waals surface area contributed by atoms with Crippen LogP contribution in [-0.4, -0.2) is 36.7 Å². The zero-order chi connectivity index (χ0) is 18.0. The van der Waals surface area contributed by atoms with Crippen molar-refractivity contribution < 1.29 is 34.5 Å². The Balaban J connectivity index is 2.24. The molecule has 1 aliphatic rings. The van der Waals surface area contributed by atoms with Crippen LogP contribution in [0.4, 0.5) is 0 Å². The summed E-state index contributed by atoms with van der Waals surface area (Å²) in [5.74, 6) is -3.22. The molecule has 1 aromatic rings. The minimum Gasteiger partial charge on any atom is -0.508 e. The molecule has 6 N–H and O–H groups in total. The van der Waals surface area contributed by atoms with Crippen LogP contribution in [0.2, 0.25) is 0 Å². The molecule has 8 nitrogen and oxygen atoms in total. The number of aliphatic hydroxyl groups is 2. The molecule has 0 bridgehead atoms. The van der Waals surface area contributed by atoms with Crippen molar-refractivity contribution >= 4 is 13.5 Å². The minimum absolute atomic E-state index is 0.0335. The van der Waals surface area contributed by atoms with Crippen molar-refractivity contribution in [1.29, 1.82) is 0 Å². The van der Waals surface area contributed by atoms with Gasteiger partial charge in [-0.3, -0.25) is 9.88 Å². The summed E-state index contributed by atoms with van der Waals surface area (Å²) in [6.45, 7) is 0. The van der Waals surface area contributed by atoms with Gasteiger partial charge in [0.15, 0.2) is 11.6 Å². The van der Waals surface area contributed by atoms with E-state index in [9.17, 15) is 24.7 Å². The van der Waals surface area contributed by atoms with Gasteiger partial charge in [0.1, 0.15) is 5.75 Å². The lowest BCUT2D eigenvalue weighted by Crippen LogP contribution is -2.38. The fourth-order valence-corrected chi connectivity index (χ4v) is 3.00. The van der Waals surface area contributed by atoms with E-state index in [1.165, 1.54) is 18.2 Å². The van der Waals surface area contributed by atoms with Gasteiger partial charge in [-0.05, 0) is 30.2 Å². The molecule has 0 aliphatic heterocycles. The summed E-state index contributed by atoms with van der Waals surface area (Å²) >= 11 is 0. The van der Waals surface area contributed by atoms with Crippen LogP contribution >= 0.6 is 7.75 Å². The third-order valence-electron chi connectivity index (χ3n) is 3.52. The third-order valence-corrected chi connectivity index (χ3v) is 4.08. The van der Waals surface area contributed by atoms with Crippen LogP contribution < -0.4 is 5.09 Å². The Bertz CT molecular complexity index is 731. The second-order valence-electron chi connectivity index (χ2n) is 5.46. The molecule has 0 saturated heterocycles. The van der Waals surface area contributed by atoms with E-state index in [4.69, 9.17) is 9.79 Å². The van der Waals surface area contributed by atoms with E-state index in [1.807, 2.05) is 5.09 Å². The zero-order valence-electron chi connectivity index (χ0n) is 12.6. The molecule has 130 valence electrons. The molecular formula is C15H18NO7P. The first-order valence-corrected chi connectivity index (χ1v) is 8.71. The van der Waals surface area contributed by atoms with Crippen molar-refractivity contribution in [2.24, 2.45) is 0 Å². The number of hydrogen-bond donors (Lipinski definition) is 6. The Morgan fingerprint density at radius 1 is 1.17 bits per heavy atom. The number of allylic oxidation sites excluding steroid dienone is 2. The van der Waals surface area contributed by atoms with E-state index in [0.717, 1.165) is 6.08 Å². The largest absolute Gasteiger partial charge is 0.508 e. The van der Waals surface area contributed by atoms with Crippen molar-refractivity contribution in [3.63, 3.8) is 0 Å². The number of carbonyl (C=O) groups excluding carboxylic acids is 1. The van der Waals surface area contributed by atoms with E-state index in [0.29, 0.717) is 5.56 Å². The van der Waals surface area contributed by atoms with Crippen molar-refractivity contribution in [3.05, 3.63) is 53.3 Å². The number of carbonyl (C=O) groups is 1. The number of benzene rings is 1. The topological polar surface area (TPSA) is 147 Å². The molecule has 0 unspecified atom stereocenters. The maximum Gasteiger partial charge on any atom is 0.427 e. The van der Waals surface area contributed by atoms with Gasteiger partial charge >= 0.3 is 7.75 Å². The van der Waals surface area contributed by atoms with Crippen molar-refractivity contribution in [2.45, 2.75) is 25.0 Å². The normalized spacial score (nSPS) is 15.8. The number of aromatic hydroxyl groups is 1. The fourth-order valence-electron chi connectivity index (χ4n) is 2.44. The highest BCUT2D eigenvalue weighted by atomic mass is 31.2. The van der Waals surface area contributed by atoms with E-state index in [1.54, 1.807) is 12.1 Å². The van der Waals surface area contributed by atoms with Gasteiger partial charge in [-0.15, -0.1) is 0 Å². The molecule has 0 heterocycles. The average molecular weight is 355 g/mol. The highest BCUT2D eigenvalue weighted by molar-refractivity contribution is 7.49. The molecule has 0 radical (unpaired) electrons. The van der Waals surface area contributed by atoms with Crippen LogP contribution in [0.3, 0.4) is 0 Å². The summed E-state index contributed by atoms with van der Waals surface area (Å²) in [6, 6.07) is 6.08. The fraction of sp³-hybridized carbons (Fsp3) is 0.267. The second-order valence-corrected chi connectivity index (χ2v) is 6.77. The summed E-state index contributed by atoms with van der Waals surface area (Å²) in [5, 5.41) is 31.7. The molecule has 0 atom stereocenters. The highest BCUT2D eigenvalue weighted by Gasteiger charge is 2.37. The molecule has 1 aliphatic carbocycles. The van der Waals surface area contributed by atoms with Gasteiger partial charge in [-0.2, -0.15) is 0 Å². The predicted octanol–water partition coefficient (Wildman–Crippen LogP) is 0.471. The van der Waals surface area contributed by atoms with Gasteiger partial charge in [-0.1, -0.05) is 18.2 Å². The van der Waals surface area contributed by atoms with Gasteiger partial charge < -0.3 is 25.1 Å². The zero-order valence-corrected chi connectivity index (χ0v) is 13.5. The summed E-state index contributed by atoms with van der Waals surface area (Å²) in [4.78, 5) is 30.0. The predicted molar refractivity (Wildman–Crippen MR) is 84.6 cm³/mol. The van der Waals surface area contributed by atoms with Crippen molar-refractivity contribution in [1.82, 2.24) is 5.09 Å². The van der Waals surface area contributed by atoms with Crippen molar-refractivity contribution in [3.8, 4) is 5.75 Å². The lowest BCUT2D eigenvalue weighted by Gasteiger charge is -2.28. The monoisotopic (exact) mass is 355 g/mol. The highest BCUT2D eigenvalue weighted by Crippen LogP contribution is 2.36. The molecule has 0 saturated carbocycles. The van der Waals surface area contributed by atoms with Crippen LogP contribution in [0.15, 0.2) is 47.7 Å². The number of phenols is 1. The Morgan fingerprint density at radius 2 is 1.79 bits per heavy atom. The molecule has 9 heteroatoms. The Hall–Kier alpha value is -1.96. The maximum absolute atomic E-state index is 12.0. The summed E-state index contributed by atoms with van der Waals surface area (Å²) in [5.41, 5.74) is 0.00261. The summed E-state index contributed by atoms with van der Waals surface area (Å²) in [6.07, 6.45) is 2.38. The molecule has 24 heavy (non-hydrogen) atoms. The number of nitrogens with one attached hydrogen (secondary N) is 1. The number of phenolic OH excluding ortho intramolecular Hbond substituents is 1. The van der Waals surface area contributed by atoms with E-state index in [2.05, 4.69) is 0 Å². The lowest BCUT2D eigenvalue weighted by atomic mass is 9.90. The van der Waals surface area contributed by atoms with Gasteiger partial charge in [0.2, 0.25) is 0 Å². The van der Waals surface area contributed by atoms with Crippen LogP contribution in [0, 0.1) is 0 Å². The van der Waals surface area contributed by atoms with E-state index < -0.39 is 24.9 Å². The first kappa shape index (κ1) is 18.4. The van der Waals surface area contributed by atoms with Crippen molar-refractivity contribution in [2.75, 3.05) is 0 Å². The van der Waals surface area contributed by atoms with Gasteiger partial charge in [0, 0.05) is 18.5 Å². The van der Waals surface area contributed by atoms with Gasteiger partial charge in [-0.25, -0.2) is 4.57 Å². The van der Waals surface area contributed by atoms with E-state index >= 15 is 0 Å². The summed E-state index contributed by atoms with van der Waals surface area (Å²) < 4.78 is 11.1. The number of aryl methyl sites for hydroxylation is 1. The number of rotatable bonds is 6. The molecule has 0 spiro atoms. The molecule has 1 aromatic carbocycles. The quantitative estimate of drug-likeness (QED) is 0.319. The molecule has 0 fully saturated rings.